The molecule has 0 saturated heterocycles. The van der Waals surface area contributed by atoms with Crippen LogP contribution in [0.4, 0.5) is 0 Å². The number of para-hydroxylation sites is 1. The van der Waals surface area contributed by atoms with Gasteiger partial charge in [-0.25, -0.2) is 4.98 Å². The van der Waals surface area contributed by atoms with Gasteiger partial charge in [0.05, 0.1) is 16.6 Å². The molecular weight excluding hydrogens is 502 g/mol. The van der Waals surface area contributed by atoms with Crippen molar-refractivity contribution in [2.45, 2.75) is 43.0 Å². The van der Waals surface area contributed by atoms with E-state index >= 15 is 0 Å². The number of carbonyl (C=O) groups is 1. The van der Waals surface area contributed by atoms with Crippen LogP contribution in [0.25, 0.3) is 16.6 Å². The first-order chi connectivity index (χ1) is 18.1. The second-order valence-electron chi connectivity index (χ2n) is 9.14. The number of rotatable bonds is 8. The van der Waals surface area contributed by atoms with Crippen molar-refractivity contribution < 1.29 is 4.79 Å². The molecule has 1 amide bonds. The molecular formula is C30H28ClN3O2S. The summed E-state index contributed by atoms with van der Waals surface area (Å²) < 4.78 is 1.63. The average molecular weight is 530 g/mol. The Labute approximate surface area is 225 Å². The largest absolute Gasteiger partial charge is 0.352 e. The van der Waals surface area contributed by atoms with E-state index in [0.717, 1.165) is 30.5 Å². The van der Waals surface area contributed by atoms with Crippen molar-refractivity contribution in [1.82, 2.24) is 14.9 Å². The molecule has 5 rings (SSSR count). The van der Waals surface area contributed by atoms with E-state index < -0.39 is 0 Å². The van der Waals surface area contributed by atoms with E-state index in [1.165, 1.54) is 30.2 Å². The van der Waals surface area contributed by atoms with E-state index in [2.05, 4.69) is 11.4 Å². The molecule has 1 heterocycles. The zero-order chi connectivity index (χ0) is 25.6. The molecule has 3 aromatic carbocycles. The molecule has 1 aliphatic rings. The Hall–Kier alpha value is -3.35. The molecule has 0 unspecified atom stereocenters. The Morgan fingerprint density at radius 3 is 2.68 bits per heavy atom. The van der Waals surface area contributed by atoms with Gasteiger partial charge in [0.2, 0.25) is 0 Å². The smallest absolute Gasteiger partial charge is 0.266 e. The molecule has 5 nitrogen and oxygen atoms in total. The van der Waals surface area contributed by atoms with Crippen molar-refractivity contribution in [2.75, 3.05) is 6.54 Å². The van der Waals surface area contributed by atoms with Crippen LogP contribution in [0.3, 0.4) is 0 Å². The third kappa shape index (κ3) is 6.14. The van der Waals surface area contributed by atoms with E-state index in [9.17, 15) is 9.59 Å². The molecule has 0 saturated carbocycles. The molecule has 0 fully saturated rings. The summed E-state index contributed by atoms with van der Waals surface area (Å²) in [5, 5.41) is 4.72. The van der Waals surface area contributed by atoms with Crippen LogP contribution in [0.15, 0.2) is 94.4 Å². The van der Waals surface area contributed by atoms with Crippen molar-refractivity contribution in [2.24, 2.45) is 0 Å². The Balaban J connectivity index is 1.44. The topological polar surface area (TPSA) is 64.0 Å². The summed E-state index contributed by atoms with van der Waals surface area (Å²) in [4.78, 5) is 31.3. The Bertz CT molecular complexity index is 1510. The van der Waals surface area contributed by atoms with Gasteiger partial charge in [-0.15, -0.1) is 0 Å². The van der Waals surface area contributed by atoms with Gasteiger partial charge in [0.15, 0.2) is 5.16 Å². The van der Waals surface area contributed by atoms with Crippen molar-refractivity contribution in [3.8, 4) is 5.69 Å². The fraction of sp³-hybridized carbons (Fsp3) is 0.233. The van der Waals surface area contributed by atoms with Crippen molar-refractivity contribution in [1.29, 1.82) is 0 Å². The number of thioether (sulfide) groups is 1. The van der Waals surface area contributed by atoms with Crippen molar-refractivity contribution >= 4 is 40.2 Å². The minimum atomic E-state index is -0.166. The minimum Gasteiger partial charge on any atom is -0.352 e. The molecule has 0 atom stereocenters. The van der Waals surface area contributed by atoms with E-state index in [0.29, 0.717) is 38.9 Å². The lowest BCUT2D eigenvalue weighted by Crippen LogP contribution is -2.25. The maximum absolute atomic E-state index is 13.6. The standard InChI is InChI=1S/C30H28ClN3O2S/c31-24-11-7-10-22(18-24)20-37-30-33-27-19-23(28(35)32-17-16-21-8-3-1-4-9-21)14-15-26(27)29(36)34(30)25-12-5-2-6-13-25/h2,5-8,10-15,18-19H,1,3-4,9,16-17,20H2,(H,32,35). The fourth-order valence-corrected chi connectivity index (χ4v) is 5.72. The van der Waals surface area contributed by atoms with E-state index in [1.807, 2.05) is 54.6 Å². The van der Waals surface area contributed by atoms with Crippen LogP contribution < -0.4 is 10.9 Å². The van der Waals surface area contributed by atoms with E-state index in [-0.39, 0.29) is 11.5 Å². The lowest BCUT2D eigenvalue weighted by molar-refractivity contribution is 0.0954. The van der Waals surface area contributed by atoms with Gasteiger partial charge in [-0.3, -0.25) is 14.2 Å². The molecule has 0 bridgehead atoms. The number of nitrogens with one attached hydrogen (secondary N) is 1. The Kier molecular flexibility index (Phi) is 8.07. The predicted octanol–water partition coefficient (Wildman–Crippen LogP) is 6.95. The summed E-state index contributed by atoms with van der Waals surface area (Å²) in [6.07, 6.45) is 7.93. The number of amides is 1. The molecule has 1 aliphatic carbocycles. The second-order valence-corrected chi connectivity index (χ2v) is 10.5. The van der Waals surface area contributed by atoms with Crippen LogP contribution in [-0.4, -0.2) is 22.0 Å². The van der Waals surface area contributed by atoms with Crippen LogP contribution in [0.5, 0.6) is 0 Å². The van der Waals surface area contributed by atoms with Gasteiger partial charge in [-0.2, -0.15) is 0 Å². The third-order valence-electron chi connectivity index (χ3n) is 6.49. The Morgan fingerprint density at radius 2 is 1.89 bits per heavy atom. The average Bonchev–Trinajstić information content (AvgIpc) is 2.93. The van der Waals surface area contributed by atoms with Gasteiger partial charge in [0.25, 0.3) is 11.5 Å². The highest BCUT2D eigenvalue weighted by molar-refractivity contribution is 7.98. The number of aromatic nitrogens is 2. The summed E-state index contributed by atoms with van der Waals surface area (Å²) in [5.41, 5.74) is 4.05. The maximum Gasteiger partial charge on any atom is 0.266 e. The fourth-order valence-electron chi connectivity index (χ4n) is 4.55. The number of carbonyl (C=O) groups excluding carboxylic acids is 1. The summed E-state index contributed by atoms with van der Waals surface area (Å²) >= 11 is 7.63. The van der Waals surface area contributed by atoms with Crippen LogP contribution in [0.1, 0.15) is 48.0 Å². The predicted molar refractivity (Wildman–Crippen MR) is 152 cm³/mol. The van der Waals surface area contributed by atoms with Crippen LogP contribution >= 0.6 is 23.4 Å². The molecule has 0 radical (unpaired) electrons. The van der Waals surface area contributed by atoms with E-state index in [1.54, 1.807) is 22.8 Å². The lowest BCUT2D eigenvalue weighted by Gasteiger charge is -2.14. The first kappa shape index (κ1) is 25.3. The van der Waals surface area contributed by atoms with Gasteiger partial charge in [-0.05, 0) is 80.1 Å². The number of allylic oxidation sites excluding steroid dienone is 1. The zero-order valence-electron chi connectivity index (χ0n) is 20.5. The van der Waals surface area contributed by atoms with E-state index in [4.69, 9.17) is 16.6 Å². The first-order valence-corrected chi connectivity index (χ1v) is 13.9. The zero-order valence-corrected chi connectivity index (χ0v) is 22.0. The van der Waals surface area contributed by atoms with Gasteiger partial charge < -0.3 is 5.32 Å². The van der Waals surface area contributed by atoms with Gasteiger partial charge in [0.1, 0.15) is 0 Å². The summed E-state index contributed by atoms with van der Waals surface area (Å²) in [7, 11) is 0. The highest BCUT2D eigenvalue weighted by Gasteiger charge is 2.16. The number of nitrogens with zero attached hydrogens (tertiary/aromatic N) is 2. The van der Waals surface area contributed by atoms with Gasteiger partial charge in [0, 0.05) is 22.9 Å². The molecule has 1 aromatic heterocycles. The molecule has 4 aromatic rings. The lowest BCUT2D eigenvalue weighted by atomic mass is 9.97. The SMILES string of the molecule is O=C(NCCC1=CCCCC1)c1ccc2c(=O)n(-c3ccccc3)c(SCc3cccc(Cl)c3)nc2c1. The first-order valence-electron chi connectivity index (χ1n) is 12.5. The number of hydrogen-bond acceptors (Lipinski definition) is 4. The van der Waals surface area contributed by atoms with Gasteiger partial charge >= 0.3 is 0 Å². The highest BCUT2D eigenvalue weighted by Crippen LogP contribution is 2.26. The number of benzene rings is 3. The third-order valence-corrected chi connectivity index (χ3v) is 7.73. The highest BCUT2D eigenvalue weighted by atomic mass is 35.5. The van der Waals surface area contributed by atoms with Crippen molar-refractivity contribution in [3.05, 3.63) is 111 Å². The molecule has 1 N–H and O–H groups in total. The van der Waals surface area contributed by atoms with Crippen LogP contribution in [0.2, 0.25) is 5.02 Å². The summed E-state index contributed by atoms with van der Waals surface area (Å²) in [5.74, 6) is 0.446. The van der Waals surface area contributed by atoms with Crippen molar-refractivity contribution in [3.63, 3.8) is 0 Å². The number of fused-ring (bicyclic) bond motifs is 1. The summed E-state index contributed by atoms with van der Waals surface area (Å²) in [6, 6.07) is 22.3. The normalized spacial score (nSPS) is 13.4. The summed E-state index contributed by atoms with van der Waals surface area (Å²) in [6.45, 7) is 0.604. The quantitative estimate of drug-likeness (QED) is 0.152. The molecule has 7 heteroatoms. The maximum atomic E-state index is 13.6. The van der Waals surface area contributed by atoms with Crippen LogP contribution in [0, 0.1) is 0 Å². The monoisotopic (exact) mass is 529 g/mol. The number of hydrogen-bond donors (Lipinski definition) is 1. The van der Waals surface area contributed by atoms with Gasteiger partial charge in [-0.1, -0.05) is 65.3 Å². The molecule has 0 aliphatic heterocycles. The van der Waals surface area contributed by atoms with Crippen LogP contribution in [-0.2, 0) is 5.75 Å². The molecule has 188 valence electrons. The number of halogens is 1. The Morgan fingerprint density at radius 1 is 1.03 bits per heavy atom. The molecule has 37 heavy (non-hydrogen) atoms. The minimum absolute atomic E-state index is 0.152. The second kappa shape index (κ2) is 11.8. The molecule has 0 spiro atoms.